The Morgan fingerprint density at radius 3 is 2.95 bits per heavy atom. The zero-order valence-electron chi connectivity index (χ0n) is 10.6. The van der Waals surface area contributed by atoms with Crippen LogP contribution < -0.4 is 15.4 Å². The van der Waals surface area contributed by atoms with Gasteiger partial charge in [0.25, 0.3) is 5.91 Å². The van der Waals surface area contributed by atoms with E-state index in [9.17, 15) is 13.2 Å². The van der Waals surface area contributed by atoms with Crippen molar-refractivity contribution in [2.45, 2.75) is 23.8 Å². The van der Waals surface area contributed by atoms with Gasteiger partial charge in [-0.2, -0.15) is 0 Å². The fourth-order valence-electron chi connectivity index (χ4n) is 1.93. The van der Waals surface area contributed by atoms with Crippen molar-refractivity contribution < 1.29 is 13.2 Å². The predicted octanol–water partition coefficient (Wildman–Crippen LogP) is 0.138. The highest BCUT2D eigenvalue weighted by Gasteiger charge is 2.20. The van der Waals surface area contributed by atoms with Gasteiger partial charge in [0.2, 0.25) is 10.0 Å². The number of amides is 1. The average molecular weight is 303 g/mol. The fraction of sp³-hybridized carbons (Fsp3) is 0.545. The molecule has 1 unspecified atom stereocenters. The Hall–Kier alpha value is -0.960. The molecule has 2 rings (SSSR count). The molecule has 1 atom stereocenters. The van der Waals surface area contributed by atoms with Crippen molar-refractivity contribution in [3.8, 4) is 0 Å². The second-order valence-electron chi connectivity index (χ2n) is 4.37. The number of rotatable bonds is 4. The van der Waals surface area contributed by atoms with Gasteiger partial charge in [-0.25, -0.2) is 13.1 Å². The minimum Gasteiger partial charge on any atom is -0.347 e. The van der Waals surface area contributed by atoms with E-state index in [0.717, 1.165) is 37.3 Å². The van der Waals surface area contributed by atoms with E-state index in [0.29, 0.717) is 4.88 Å². The summed E-state index contributed by atoms with van der Waals surface area (Å²) in [6.07, 6.45) is 1.99. The third kappa shape index (κ3) is 3.53. The van der Waals surface area contributed by atoms with Gasteiger partial charge in [-0.15, -0.1) is 11.3 Å². The predicted molar refractivity (Wildman–Crippen MR) is 73.9 cm³/mol. The summed E-state index contributed by atoms with van der Waals surface area (Å²) in [7, 11) is -2.13. The van der Waals surface area contributed by atoms with Gasteiger partial charge >= 0.3 is 0 Å². The van der Waals surface area contributed by atoms with Crippen molar-refractivity contribution in [2.75, 3.05) is 20.1 Å². The molecule has 0 saturated carbocycles. The van der Waals surface area contributed by atoms with Crippen molar-refractivity contribution in [3.63, 3.8) is 0 Å². The maximum Gasteiger partial charge on any atom is 0.261 e. The third-order valence-electron chi connectivity index (χ3n) is 3.01. The first-order valence-electron chi connectivity index (χ1n) is 6.06. The average Bonchev–Trinajstić information content (AvgIpc) is 2.90. The summed E-state index contributed by atoms with van der Waals surface area (Å²) in [4.78, 5) is 12.5. The third-order valence-corrected chi connectivity index (χ3v) is 5.48. The first-order valence-corrected chi connectivity index (χ1v) is 8.43. The number of hydrogen-bond acceptors (Lipinski definition) is 5. The number of carbonyl (C=O) groups excluding carboxylic acids is 1. The van der Waals surface area contributed by atoms with Crippen molar-refractivity contribution >= 4 is 27.3 Å². The Morgan fingerprint density at radius 2 is 2.32 bits per heavy atom. The summed E-state index contributed by atoms with van der Waals surface area (Å²) in [5.41, 5.74) is 0. The summed E-state index contributed by atoms with van der Waals surface area (Å²) in [6.45, 7) is 1.74. The fourth-order valence-corrected chi connectivity index (χ4v) is 3.83. The van der Waals surface area contributed by atoms with E-state index in [-0.39, 0.29) is 16.8 Å². The Morgan fingerprint density at radius 1 is 1.53 bits per heavy atom. The molecular formula is C11H17N3O3S2. The molecule has 1 aliphatic rings. The van der Waals surface area contributed by atoms with Crippen molar-refractivity contribution in [1.29, 1.82) is 0 Å². The van der Waals surface area contributed by atoms with Gasteiger partial charge in [-0.3, -0.25) is 4.79 Å². The molecule has 2 heterocycles. The summed E-state index contributed by atoms with van der Waals surface area (Å²) < 4.78 is 25.4. The maximum atomic E-state index is 12.0. The molecule has 0 bridgehead atoms. The van der Waals surface area contributed by atoms with Gasteiger partial charge in [0, 0.05) is 18.0 Å². The quantitative estimate of drug-likeness (QED) is 0.738. The van der Waals surface area contributed by atoms with E-state index in [4.69, 9.17) is 0 Å². The molecule has 106 valence electrons. The minimum absolute atomic E-state index is 0.118. The Balaban J connectivity index is 2.04. The van der Waals surface area contributed by atoms with E-state index in [1.165, 1.54) is 18.5 Å². The van der Waals surface area contributed by atoms with E-state index in [1.807, 2.05) is 0 Å². The molecule has 0 radical (unpaired) electrons. The number of thiophene rings is 1. The van der Waals surface area contributed by atoms with Crippen LogP contribution in [0.5, 0.6) is 0 Å². The van der Waals surface area contributed by atoms with Gasteiger partial charge in [0.1, 0.15) is 0 Å². The molecule has 1 aliphatic heterocycles. The summed E-state index contributed by atoms with van der Waals surface area (Å²) in [5.74, 6) is -0.212. The zero-order chi connectivity index (χ0) is 13.9. The van der Waals surface area contributed by atoms with Gasteiger partial charge in [-0.1, -0.05) is 0 Å². The monoisotopic (exact) mass is 303 g/mol. The number of nitrogens with one attached hydrogen (secondary N) is 3. The maximum absolute atomic E-state index is 12.0. The van der Waals surface area contributed by atoms with Crippen LogP contribution >= 0.6 is 11.3 Å². The van der Waals surface area contributed by atoms with E-state index in [2.05, 4.69) is 15.4 Å². The molecule has 0 aromatic carbocycles. The molecule has 0 spiro atoms. The molecule has 1 saturated heterocycles. The lowest BCUT2D eigenvalue weighted by molar-refractivity contribution is 0.0934. The van der Waals surface area contributed by atoms with Crippen LogP contribution in [-0.4, -0.2) is 40.5 Å². The van der Waals surface area contributed by atoms with Gasteiger partial charge in [0.15, 0.2) is 0 Å². The highest BCUT2D eigenvalue weighted by atomic mass is 32.2. The SMILES string of the molecule is CNS(=O)(=O)c1csc(C(=O)NC2CCCNC2)c1. The van der Waals surface area contributed by atoms with Crippen LogP contribution in [0.3, 0.4) is 0 Å². The standard InChI is InChI=1S/C11H17N3O3S2/c1-12-19(16,17)9-5-10(18-7-9)11(15)14-8-3-2-4-13-6-8/h5,7-8,12-13H,2-4,6H2,1H3,(H,14,15). The highest BCUT2D eigenvalue weighted by Crippen LogP contribution is 2.19. The lowest BCUT2D eigenvalue weighted by Gasteiger charge is -2.23. The van der Waals surface area contributed by atoms with E-state index in [1.54, 1.807) is 0 Å². The highest BCUT2D eigenvalue weighted by molar-refractivity contribution is 7.89. The summed E-state index contributed by atoms with van der Waals surface area (Å²) in [6, 6.07) is 1.52. The summed E-state index contributed by atoms with van der Waals surface area (Å²) in [5, 5.41) is 7.60. The molecule has 1 fully saturated rings. The van der Waals surface area contributed by atoms with Crippen LogP contribution in [0.1, 0.15) is 22.5 Å². The van der Waals surface area contributed by atoms with Gasteiger partial charge in [0.05, 0.1) is 9.77 Å². The first kappa shape index (κ1) is 14.4. The van der Waals surface area contributed by atoms with E-state index >= 15 is 0 Å². The number of sulfonamides is 1. The second-order valence-corrected chi connectivity index (χ2v) is 7.17. The lowest BCUT2D eigenvalue weighted by Crippen LogP contribution is -2.45. The van der Waals surface area contributed by atoms with Crippen LogP contribution in [0.2, 0.25) is 0 Å². The van der Waals surface area contributed by atoms with E-state index < -0.39 is 10.0 Å². The molecule has 6 nitrogen and oxygen atoms in total. The first-order chi connectivity index (χ1) is 9.03. The molecular weight excluding hydrogens is 286 g/mol. The minimum atomic E-state index is -3.48. The van der Waals surface area contributed by atoms with Crippen LogP contribution in [0.25, 0.3) is 0 Å². The Kier molecular flexibility index (Phi) is 4.56. The largest absolute Gasteiger partial charge is 0.347 e. The molecule has 1 aromatic heterocycles. The van der Waals surface area contributed by atoms with Crippen molar-refractivity contribution in [3.05, 3.63) is 16.3 Å². The van der Waals surface area contributed by atoms with Gasteiger partial charge < -0.3 is 10.6 Å². The normalized spacial score (nSPS) is 20.2. The number of carbonyl (C=O) groups is 1. The molecule has 8 heteroatoms. The van der Waals surface area contributed by atoms with Crippen LogP contribution in [-0.2, 0) is 10.0 Å². The molecule has 19 heavy (non-hydrogen) atoms. The molecule has 0 aliphatic carbocycles. The molecule has 1 amide bonds. The van der Waals surface area contributed by atoms with Gasteiger partial charge in [-0.05, 0) is 32.5 Å². The molecule has 1 aromatic rings. The zero-order valence-corrected chi connectivity index (χ0v) is 12.2. The van der Waals surface area contributed by atoms with Crippen LogP contribution in [0, 0.1) is 0 Å². The summed E-state index contributed by atoms with van der Waals surface area (Å²) >= 11 is 1.14. The Labute approximate surface area is 116 Å². The Bertz CT molecular complexity index is 547. The topological polar surface area (TPSA) is 87.3 Å². The van der Waals surface area contributed by atoms with Crippen molar-refractivity contribution in [1.82, 2.24) is 15.4 Å². The smallest absolute Gasteiger partial charge is 0.261 e. The van der Waals surface area contributed by atoms with Crippen LogP contribution in [0.4, 0.5) is 0 Å². The second kappa shape index (κ2) is 6.00. The van der Waals surface area contributed by atoms with Crippen LogP contribution in [0.15, 0.2) is 16.3 Å². The number of hydrogen-bond donors (Lipinski definition) is 3. The van der Waals surface area contributed by atoms with Crippen molar-refractivity contribution in [2.24, 2.45) is 0 Å². The molecule has 3 N–H and O–H groups in total. The lowest BCUT2D eigenvalue weighted by atomic mass is 10.1. The number of piperidine rings is 1.